The molecule has 7 heteroatoms. The monoisotopic (exact) mass is 338 g/mol. The number of nitrogens with zero attached hydrogens (tertiary/aromatic N) is 2. The van der Waals surface area contributed by atoms with Crippen LogP contribution in [0.2, 0.25) is 0 Å². The van der Waals surface area contributed by atoms with E-state index in [4.69, 9.17) is 11.6 Å². The fourth-order valence-electron chi connectivity index (χ4n) is 2.36. The predicted octanol–water partition coefficient (Wildman–Crippen LogP) is 4.14. The van der Waals surface area contributed by atoms with Crippen LogP contribution in [0.4, 0.5) is 13.2 Å². The minimum atomic E-state index is -4.50. The smallest absolute Gasteiger partial charge is 0.268 e. The van der Waals surface area contributed by atoms with E-state index in [0.29, 0.717) is 10.9 Å². The summed E-state index contributed by atoms with van der Waals surface area (Å²) in [6, 6.07) is 11.2. The molecule has 0 unspecified atom stereocenters. The molecular weight excluding hydrogens is 329 g/mol. The summed E-state index contributed by atoms with van der Waals surface area (Å²) < 4.78 is 39.8. The van der Waals surface area contributed by atoms with Crippen LogP contribution in [0, 0.1) is 0 Å². The lowest BCUT2D eigenvalue weighted by Gasteiger charge is -2.14. The van der Waals surface area contributed by atoms with Crippen LogP contribution in [0.15, 0.2) is 53.3 Å². The van der Waals surface area contributed by atoms with Crippen molar-refractivity contribution in [2.45, 2.75) is 12.1 Å². The van der Waals surface area contributed by atoms with E-state index in [1.54, 1.807) is 24.3 Å². The summed E-state index contributed by atoms with van der Waals surface area (Å²) in [5.74, 6) is 0.0887. The van der Waals surface area contributed by atoms with Gasteiger partial charge in [0.2, 0.25) is 0 Å². The molecule has 0 saturated heterocycles. The van der Waals surface area contributed by atoms with Crippen molar-refractivity contribution in [3.8, 4) is 5.69 Å². The summed E-state index contributed by atoms with van der Waals surface area (Å²) in [6.07, 6.45) is -4.50. The lowest BCUT2D eigenvalue weighted by molar-refractivity contribution is -0.137. The second kappa shape index (κ2) is 5.70. The highest BCUT2D eigenvalue weighted by molar-refractivity contribution is 6.16. The van der Waals surface area contributed by atoms with Crippen LogP contribution < -0.4 is 5.56 Å². The van der Waals surface area contributed by atoms with E-state index in [0.717, 1.165) is 16.7 Å². The lowest BCUT2D eigenvalue weighted by atomic mass is 10.2. The summed E-state index contributed by atoms with van der Waals surface area (Å²) >= 11 is 5.84. The fourth-order valence-corrected chi connectivity index (χ4v) is 2.54. The van der Waals surface area contributed by atoms with Gasteiger partial charge in [0.05, 0.1) is 28.0 Å². The molecule has 1 aromatic heterocycles. The van der Waals surface area contributed by atoms with Gasteiger partial charge in [0, 0.05) is 0 Å². The highest BCUT2D eigenvalue weighted by Crippen LogP contribution is 2.30. The third kappa shape index (κ3) is 2.82. The first kappa shape index (κ1) is 15.6. The first-order chi connectivity index (χ1) is 10.9. The number of para-hydroxylation sites is 1. The number of fused-ring (bicyclic) bond motifs is 1. The Bertz CT molecular complexity index is 934. The molecule has 3 nitrogen and oxygen atoms in total. The summed E-state index contributed by atoms with van der Waals surface area (Å²) in [4.78, 5) is 16.9. The second-order valence-corrected chi connectivity index (χ2v) is 5.13. The number of halogens is 4. The molecule has 0 radical (unpaired) electrons. The topological polar surface area (TPSA) is 34.9 Å². The molecule has 0 aliphatic rings. The average molecular weight is 339 g/mol. The maximum atomic E-state index is 12.9. The zero-order chi connectivity index (χ0) is 16.6. The first-order valence-electron chi connectivity index (χ1n) is 6.66. The molecule has 0 N–H and O–H groups in total. The Kier molecular flexibility index (Phi) is 3.85. The zero-order valence-corrected chi connectivity index (χ0v) is 12.4. The normalized spacial score (nSPS) is 11.8. The molecule has 1 heterocycles. The van der Waals surface area contributed by atoms with Crippen LogP contribution in [0.1, 0.15) is 11.4 Å². The standard InChI is InChI=1S/C16H10ClF3N2O/c17-9-14-21-13-7-2-1-6-12(13)15(23)22(14)11-5-3-4-10(8-11)16(18,19)20/h1-8H,9H2. The van der Waals surface area contributed by atoms with Crippen molar-refractivity contribution < 1.29 is 13.2 Å². The Labute approximate surface area is 134 Å². The highest BCUT2D eigenvalue weighted by Gasteiger charge is 2.30. The zero-order valence-electron chi connectivity index (χ0n) is 11.6. The Morgan fingerprint density at radius 1 is 1.09 bits per heavy atom. The van der Waals surface area contributed by atoms with Crippen molar-refractivity contribution in [2.75, 3.05) is 0 Å². The van der Waals surface area contributed by atoms with Crippen molar-refractivity contribution in [3.63, 3.8) is 0 Å². The van der Waals surface area contributed by atoms with Gasteiger partial charge in [-0.05, 0) is 30.3 Å². The van der Waals surface area contributed by atoms with Crippen LogP contribution in [0.3, 0.4) is 0 Å². The van der Waals surface area contributed by atoms with Crippen LogP contribution in [0.25, 0.3) is 16.6 Å². The van der Waals surface area contributed by atoms with Gasteiger partial charge in [0.15, 0.2) is 0 Å². The van der Waals surface area contributed by atoms with E-state index in [2.05, 4.69) is 4.98 Å². The Balaban J connectivity index is 2.32. The largest absolute Gasteiger partial charge is 0.416 e. The van der Waals surface area contributed by atoms with Crippen LogP contribution in [-0.4, -0.2) is 9.55 Å². The number of aromatic nitrogens is 2. The molecule has 0 atom stereocenters. The minimum absolute atomic E-state index is 0.0822. The molecule has 0 spiro atoms. The SMILES string of the molecule is O=c1c2ccccc2nc(CCl)n1-c1cccc(C(F)(F)F)c1. The molecule has 0 fully saturated rings. The molecule has 0 bridgehead atoms. The first-order valence-corrected chi connectivity index (χ1v) is 7.19. The number of hydrogen-bond acceptors (Lipinski definition) is 2. The number of rotatable bonds is 2. The quantitative estimate of drug-likeness (QED) is 0.658. The Morgan fingerprint density at radius 3 is 2.52 bits per heavy atom. The maximum Gasteiger partial charge on any atom is 0.416 e. The van der Waals surface area contributed by atoms with Crippen LogP contribution in [0.5, 0.6) is 0 Å². The lowest BCUT2D eigenvalue weighted by Crippen LogP contribution is -2.23. The fraction of sp³-hybridized carbons (Fsp3) is 0.125. The van der Waals surface area contributed by atoms with Gasteiger partial charge in [-0.1, -0.05) is 18.2 Å². The van der Waals surface area contributed by atoms with Gasteiger partial charge in [0.25, 0.3) is 5.56 Å². The second-order valence-electron chi connectivity index (χ2n) is 4.87. The Hall–Kier alpha value is -2.34. The van der Waals surface area contributed by atoms with Crippen LogP contribution >= 0.6 is 11.6 Å². The van der Waals surface area contributed by atoms with E-state index < -0.39 is 17.3 Å². The predicted molar refractivity (Wildman–Crippen MR) is 81.9 cm³/mol. The van der Waals surface area contributed by atoms with Crippen LogP contribution in [-0.2, 0) is 12.1 Å². The van der Waals surface area contributed by atoms with Gasteiger partial charge in [-0.2, -0.15) is 13.2 Å². The third-order valence-electron chi connectivity index (χ3n) is 3.40. The molecule has 118 valence electrons. The van der Waals surface area contributed by atoms with Crippen molar-refractivity contribution >= 4 is 22.5 Å². The Morgan fingerprint density at radius 2 is 1.83 bits per heavy atom. The molecule has 0 aliphatic heterocycles. The summed E-state index contributed by atoms with van der Waals surface area (Å²) in [5, 5.41) is 0.318. The van der Waals surface area contributed by atoms with E-state index in [1.165, 1.54) is 12.1 Å². The van der Waals surface area contributed by atoms with Gasteiger partial charge in [-0.15, -0.1) is 11.6 Å². The molecular formula is C16H10ClF3N2O. The summed E-state index contributed by atoms with van der Waals surface area (Å²) in [5.41, 5.74) is -0.753. The molecule has 0 amide bonds. The van der Waals surface area contributed by atoms with E-state index in [9.17, 15) is 18.0 Å². The van der Waals surface area contributed by atoms with Gasteiger partial charge < -0.3 is 0 Å². The van der Waals surface area contributed by atoms with Gasteiger partial charge in [-0.3, -0.25) is 9.36 Å². The summed E-state index contributed by atoms with van der Waals surface area (Å²) in [7, 11) is 0. The number of benzene rings is 2. The number of alkyl halides is 4. The van der Waals surface area contributed by atoms with Gasteiger partial charge in [0.1, 0.15) is 5.82 Å². The molecule has 2 aromatic carbocycles. The van der Waals surface area contributed by atoms with Crippen molar-refractivity contribution in [1.29, 1.82) is 0 Å². The maximum absolute atomic E-state index is 12.9. The van der Waals surface area contributed by atoms with E-state index in [-0.39, 0.29) is 17.4 Å². The van der Waals surface area contributed by atoms with Gasteiger partial charge >= 0.3 is 6.18 Å². The highest BCUT2D eigenvalue weighted by atomic mass is 35.5. The van der Waals surface area contributed by atoms with E-state index >= 15 is 0 Å². The molecule has 3 rings (SSSR count). The minimum Gasteiger partial charge on any atom is -0.268 e. The average Bonchev–Trinajstić information content (AvgIpc) is 2.54. The molecule has 0 aliphatic carbocycles. The van der Waals surface area contributed by atoms with Gasteiger partial charge in [-0.25, -0.2) is 4.98 Å². The van der Waals surface area contributed by atoms with E-state index in [1.807, 2.05) is 0 Å². The van der Waals surface area contributed by atoms with Crippen molar-refractivity contribution in [2.24, 2.45) is 0 Å². The summed E-state index contributed by atoms with van der Waals surface area (Å²) in [6.45, 7) is 0. The molecule has 23 heavy (non-hydrogen) atoms. The molecule has 3 aromatic rings. The molecule has 0 saturated carbocycles. The number of hydrogen-bond donors (Lipinski definition) is 0. The third-order valence-corrected chi connectivity index (χ3v) is 3.64. The van der Waals surface area contributed by atoms with Crippen molar-refractivity contribution in [3.05, 3.63) is 70.3 Å². The van der Waals surface area contributed by atoms with Crippen molar-refractivity contribution in [1.82, 2.24) is 9.55 Å².